The third-order valence-corrected chi connectivity index (χ3v) is 7.52. The van der Waals surface area contributed by atoms with Crippen LogP contribution < -0.4 is 10.6 Å². The molecular weight excluding hydrogens is 444 g/mol. The number of rotatable bonds is 11. The van der Waals surface area contributed by atoms with Crippen molar-refractivity contribution >= 4 is 18.0 Å². The third kappa shape index (κ3) is 5.66. The van der Waals surface area contributed by atoms with Gasteiger partial charge in [0.05, 0.1) is 6.42 Å². The van der Waals surface area contributed by atoms with Crippen LogP contribution in [0.25, 0.3) is 11.1 Å². The normalized spacial score (nSPS) is 18.2. The highest BCUT2D eigenvalue weighted by Gasteiger charge is 2.36. The van der Waals surface area contributed by atoms with Crippen LogP contribution in [0.15, 0.2) is 48.5 Å². The maximum atomic E-state index is 12.6. The Morgan fingerprint density at radius 2 is 1.49 bits per heavy atom. The molecule has 2 saturated carbocycles. The summed E-state index contributed by atoms with van der Waals surface area (Å²) in [4.78, 5) is 36.3. The number of hydrogen-bond acceptors (Lipinski definition) is 4. The van der Waals surface area contributed by atoms with Gasteiger partial charge in [-0.25, -0.2) is 4.79 Å². The molecule has 0 radical (unpaired) electrons. The zero-order valence-corrected chi connectivity index (χ0v) is 19.7. The molecule has 0 heterocycles. The maximum absolute atomic E-state index is 12.6. The van der Waals surface area contributed by atoms with Gasteiger partial charge in [-0.1, -0.05) is 48.5 Å². The van der Waals surface area contributed by atoms with Gasteiger partial charge in [0.25, 0.3) is 0 Å². The van der Waals surface area contributed by atoms with Crippen molar-refractivity contribution in [1.82, 2.24) is 10.6 Å². The Labute approximate surface area is 205 Å². The van der Waals surface area contributed by atoms with E-state index in [0.29, 0.717) is 12.5 Å². The van der Waals surface area contributed by atoms with E-state index in [-0.39, 0.29) is 49.2 Å². The SMILES string of the molecule is O=C(O)CC(NC(=O)CC(CNC(=O)OCC1c2ccccc2-c2ccccc21)C1CC1)C1CC1. The summed E-state index contributed by atoms with van der Waals surface area (Å²) in [6, 6.07) is 16.1. The van der Waals surface area contributed by atoms with Gasteiger partial charge in [0.15, 0.2) is 0 Å². The molecule has 2 unspecified atom stereocenters. The van der Waals surface area contributed by atoms with Crippen LogP contribution in [0.4, 0.5) is 4.79 Å². The number of benzene rings is 2. The lowest BCUT2D eigenvalue weighted by Gasteiger charge is -2.21. The van der Waals surface area contributed by atoms with Gasteiger partial charge in [-0.05, 0) is 65.7 Å². The van der Waals surface area contributed by atoms with Crippen molar-refractivity contribution in [2.45, 2.75) is 50.5 Å². The van der Waals surface area contributed by atoms with Gasteiger partial charge in [-0.15, -0.1) is 0 Å². The fourth-order valence-corrected chi connectivity index (χ4v) is 5.36. The maximum Gasteiger partial charge on any atom is 0.407 e. The number of amides is 2. The van der Waals surface area contributed by atoms with E-state index < -0.39 is 12.1 Å². The van der Waals surface area contributed by atoms with Crippen LogP contribution >= 0.6 is 0 Å². The summed E-state index contributed by atoms with van der Waals surface area (Å²) in [5, 5.41) is 14.9. The molecule has 184 valence electrons. The lowest BCUT2D eigenvalue weighted by Crippen LogP contribution is -2.40. The molecule has 0 aliphatic heterocycles. The summed E-state index contributed by atoms with van der Waals surface area (Å²) >= 11 is 0. The molecule has 3 aliphatic rings. The zero-order valence-electron chi connectivity index (χ0n) is 19.7. The summed E-state index contributed by atoms with van der Waals surface area (Å²) in [6.07, 6.45) is 3.80. The van der Waals surface area contributed by atoms with Crippen molar-refractivity contribution in [1.29, 1.82) is 0 Å². The molecule has 2 aromatic rings. The van der Waals surface area contributed by atoms with Gasteiger partial charge in [0.1, 0.15) is 6.61 Å². The number of nitrogens with one attached hydrogen (secondary N) is 2. The number of alkyl carbamates (subject to hydrolysis) is 1. The van der Waals surface area contributed by atoms with Crippen molar-refractivity contribution in [3.05, 3.63) is 59.7 Å². The fourth-order valence-electron chi connectivity index (χ4n) is 5.36. The van der Waals surface area contributed by atoms with E-state index in [4.69, 9.17) is 9.84 Å². The van der Waals surface area contributed by atoms with Crippen molar-refractivity contribution in [3.8, 4) is 11.1 Å². The number of carboxylic acid groups (broad SMARTS) is 1. The highest BCUT2D eigenvalue weighted by atomic mass is 16.5. The predicted octanol–water partition coefficient (Wildman–Crippen LogP) is 4.31. The summed E-state index contributed by atoms with van der Waals surface area (Å²) in [7, 11) is 0. The van der Waals surface area contributed by atoms with Crippen LogP contribution in [-0.4, -0.2) is 42.3 Å². The molecular formula is C28H32N2O5. The molecule has 35 heavy (non-hydrogen) atoms. The Hall–Kier alpha value is -3.35. The van der Waals surface area contributed by atoms with Gasteiger partial charge in [0.2, 0.25) is 5.91 Å². The number of ether oxygens (including phenoxy) is 1. The summed E-state index contributed by atoms with van der Waals surface area (Å²) in [6.45, 7) is 0.633. The molecule has 3 aliphatic carbocycles. The minimum Gasteiger partial charge on any atom is -0.481 e. The monoisotopic (exact) mass is 476 g/mol. The minimum absolute atomic E-state index is 0.00625. The number of carboxylic acids is 1. The largest absolute Gasteiger partial charge is 0.481 e. The van der Waals surface area contributed by atoms with Gasteiger partial charge in [-0.3, -0.25) is 9.59 Å². The quantitative estimate of drug-likeness (QED) is 0.448. The van der Waals surface area contributed by atoms with Gasteiger partial charge < -0.3 is 20.5 Å². The van der Waals surface area contributed by atoms with E-state index in [9.17, 15) is 14.4 Å². The Kier molecular flexibility index (Phi) is 6.75. The number of fused-ring (bicyclic) bond motifs is 3. The zero-order chi connectivity index (χ0) is 24.4. The van der Waals surface area contributed by atoms with E-state index in [0.717, 1.165) is 25.7 Å². The summed E-state index contributed by atoms with van der Waals surface area (Å²) in [5.41, 5.74) is 4.70. The predicted molar refractivity (Wildman–Crippen MR) is 131 cm³/mol. The first-order chi connectivity index (χ1) is 17.0. The molecule has 2 aromatic carbocycles. The highest BCUT2D eigenvalue weighted by molar-refractivity contribution is 5.79. The molecule has 0 saturated heterocycles. The van der Waals surface area contributed by atoms with Crippen LogP contribution in [-0.2, 0) is 14.3 Å². The van der Waals surface area contributed by atoms with E-state index in [1.165, 1.54) is 22.3 Å². The van der Waals surface area contributed by atoms with Crippen LogP contribution in [0.2, 0.25) is 0 Å². The van der Waals surface area contributed by atoms with E-state index in [1.807, 2.05) is 24.3 Å². The second-order valence-electron chi connectivity index (χ2n) is 10.1. The highest BCUT2D eigenvalue weighted by Crippen LogP contribution is 2.44. The first-order valence-corrected chi connectivity index (χ1v) is 12.6. The second kappa shape index (κ2) is 10.1. The Balaban J connectivity index is 1.12. The second-order valence-corrected chi connectivity index (χ2v) is 10.1. The standard InChI is InChI=1S/C28H32N2O5/c31-26(30-25(14-27(32)33)18-11-12-18)13-19(17-9-10-17)15-29-28(34)35-16-24-22-7-3-1-5-20(22)21-6-2-4-8-23(21)24/h1-8,17-19,24-25H,9-16H2,(H,29,34)(H,30,31)(H,32,33). The molecule has 0 aromatic heterocycles. The van der Waals surface area contributed by atoms with E-state index in [2.05, 4.69) is 34.9 Å². The summed E-state index contributed by atoms with van der Waals surface area (Å²) < 4.78 is 5.63. The lowest BCUT2D eigenvalue weighted by atomic mass is 9.98. The molecule has 0 bridgehead atoms. The number of hydrogen-bond donors (Lipinski definition) is 3. The number of aliphatic carboxylic acids is 1. The van der Waals surface area contributed by atoms with Crippen molar-refractivity contribution in [2.75, 3.05) is 13.2 Å². The van der Waals surface area contributed by atoms with Gasteiger partial charge in [0, 0.05) is 24.9 Å². The number of carbonyl (C=O) groups excluding carboxylic acids is 2. The Morgan fingerprint density at radius 1 is 0.886 bits per heavy atom. The summed E-state index contributed by atoms with van der Waals surface area (Å²) in [5.74, 6) is -0.305. The molecule has 2 atom stereocenters. The van der Waals surface area contributed by atoms with Gasteiger partial charge >= 0.3 is 12.1 Å². The van der Waals surface area contributed by atoms with E-state index >= 15 is 0 Å². The molecule has 0 spiro atoms. The van der Waals surface area contributed by atoms with E-state index in [1.54, 1.807) is 0 Å². The molecule has 5 rings (SSSR count). The minimum atomic E-state index is -0.891. The molecule has 3 N–H and O–H groups in total. The molecule has 2 fully saturated rings. The fraction of sp³-hybridized carbons (Fsp3) is 0.464. The van der Waals surface area contributed by atoms with Crippen LogP contribution in [0.5, 0.6) is 0 Å². The van der Waals surface area contributed by atoms with Crippen LogP contribution in [0.1, 0.15) is 55.6 Å². The smallest absolute Gasteiger partial charge is 0.407 e. The topological polar surface area (TPSA) is 105 Å². The molecule has 7 nitrogen and oxygen atoms in total. The molecule has 2 amide bonds. The number of carbonyl (C=O) groups is 3. The van der Waals surface area contributed by atoms with Gasteiger partial charge in [-0.2, -0.15) is 0 Å². The average molecular weight is 477 g/mol. The average Bonchev–Trinajstić information content (AvgIpc) is 3.76. The van der Waals surface area contributed by atoms with Crippen molar-refractivity contribution < 1.29 is 24.2 Å². The van der Waals surface area contributed by atoms with Crippen LogP contribution in [0, 0.1) is 17.8 Å². The first kappa shape index (κ1) is 23.4. The lowest BCUT2D eigenvalue weighted by molar-refractivity contribution is -0.138. The Bertz CT molecular complexity index is 1060. The molecule has 7 heteroatoms. The first-order valence-electron chi connectivity index (χ1n) is 12.6. The Morgan fingerprint density at radius 3 is 2.06 bits per heavy atom. The van der Waals surface area contributed by atoms with Crippen molar-refractivity contribution in [3.63, 3.8) is 0 Å². The van der Waals surface area contributed by atoms with Crippen LogP contribution in [0.3, 0.4) is 0 Å². The third-order valence-electron chi connectivity index (χ3n) is 7.52. The van der Waals surface area contributed by atoms with Crippen molar-refractivity contribution in [2.24, 2.45) is 17.8 Å².